The fourth-order valence-electron chi connectivity index (χ4n) is 2.53. The van der Waals surface area contributed by atoms with Crippen LogP contribution in [0.1, 0.15) is 22.5 Å². The molecule has 3 heteroatoms. The summed E-state index contributed by atoms with van der Waals surface area (Å²) in [6.45, 7) is 7.12. The molecule has 2 nitrogen and oxygen atoms in total. The van der Waals surface area contributed by atoms with Crippen molar-refractivity contribution in [1.29, 1.82) is 0 Å². The van der Waals surface area contributed by atoms with Gasteiger partial charge in [0.25, 0.3) is 0 Å². The molecule has 22 heavy (non-hydrogen) atoms. The van der Waals surface area contributed by atoms with Gasteiger partial charge in [-0.3, -0.25) is 0 Å². The van der Waals surface area contributed by atoms with Crippen LogP contribution in [-0.4, -0.2) is 9.55 Å². The number of nitrogens with zero attached hydrogens (tertiary/aromatic N) is 2. The summed E-state index contributed by atoms with van der Waals surface area (Å²) in [5.41, 5.74) is 4.48. The van der Waals surface area contributed by atoms with Crippen molar-refractivity contribution in [3.8, 4) is 0 Å². The Balaban J connectivity index is 1.92. The Bertz CT molecular complexity index is 783. The average Bonchev–Trinajstić information content (AvgIpc) is 2.94. The molecular formula is C19H17BrN2. The molecule has 3 aromatic rings. The molecule has 0 atom stereocenters. The van der Waals surface area contributed by atoms with Gasteiger partial charge in [0, 0.05) is 29.0 Å². The summed E-state index contributed by atoms with van der Waals surface area (Å²) in [4.78, 5) is 4.50. The molecule has 0 saturated heterocycles. The van der Waals surface area contributed by atoms with E-state index in [-0.39, 0.29) is 0 Å². The largest absolute Gasteiger partial charge is 0.327 e. The second-order valence-electron chi connectivity index (χ2n) is 5.36. The maximum Gasteiger partial charge on any atom is 0.140 e. The van der Waals surface area contributed by atoms with Gasteiger partial charge in [0.05, 0.1) is 0 Å². The minimum atomic E-state index is 0.794. The molecule has 0 amide bonds. The summed E-state index contributed by atoms with van der Waals surface area (Å²) in [5.74, 6) is 0.904. The number of hydrogen-bond acceptors (Lipinski definition) is 1. The lowest BCUT2D eigenvalue weighted by atomic mass is 10.0. The molecule has 1 aromatic heterocycles. The Labute approximate surface area is 139 Å². The van der Waals surface area contributed by atoms with Crippen LogP contribution >= 0.6 is 15.9 Å². The van der Waals surface area contributed by atoms with Gasteiger partial charge in [-0.15, -0.1) is 0 Å². The Hall–Kier alpha value is -2.13. The molecule has 0 aliphatic heterocycles. The van der Waals surface area contributed by atoms with Crippen LogP contribution in [0.2, 0.25) is 0 Å². The second-order valence-corrected chi connectivity index (χ2v) is 6.28. The highest BCUT2D eigenvalue weighted by Crippen LogP contribution is 2.25. The van der Waals surface area contributed by atoms with E-state index in [0.717, 1.165) is 28.0 Å². The fourth-order valence-corrected chi connectivity index (χ4v) is 3.14. The molecule has 2 aromatic carbocycles. The monoisotopic (exact) mass is 352 g/mol. The zero-order valence-electron chi connectivity index (χ0n) is 12.5. The molecule has 3 rings (SSSR count). The molecule has 0 saturated carbocycles. The summed E-state index contributed by atoms with van der Waals surface area (Å²) in [5, 5.41) is 0. The van der Waals surface area contributed by atoms with E-state index in [2.05, 4.69) is 81.4 Å². The summed E-state index contributed by atoms with van der Waals surface area (Å²) >= 11 is 3.55. The van der Waals surface area contributed by atoms with Crippen molar-refractivity contribution >= 4 is 21.5 Å². The Kier molecular flexibility index (Phi) is 4.25. The predicted molar refractivity (Wildman–Crippen MR) is 94.8 cm³/mol. The van der Waals surface area contributed by atoms with Crippen LogP contribution in [0.15, 0.2) is 72.0 Å². The number of rotatable bonds is 4. The van der Waals surface area contributed by atoms with Crippen molar-refractivity contribution in [2.24, 2.45) is 0 Å². The molecule has 0 aliphatic rings. The quantitative estimate of drug-likeness (QED) is 0.641. The SMILES string of the molecule is C=C(c1cc(C)cc(Br)c1)c1nccn1Cc1ccccc1. The van der Waals surface area contributed by atoms with Crippen LogP contribution in [0.4, 0.5) is 0 Å². The van der Waals surface area contributed by atoms with Gasteiger partial charge in [0.15, 0.2) is 0 Å². The lowest BCUT2D eigenvalue weighted by Gasteiger charge is -2.11. The van der Waals surface area contributed by atoms with Gasteiger partial charge in [-0.25, -0.2) is 4.98 Å². The van der Waals surface area contributed by atoms with Crippen LogP contribution in [0.5, 0.6) is 0 Å². The molecular weight excluding hydrogens is 336 g/mol. The minimum Gasteiger partial charge on any atom is -0.327 e. The number of imidazole rings is 1. The minimum absolute atomic E-state index is 0.794. The van der Waals surface area contributed by atoms with Gasteiger partial charge in [-0.1, -0.05) is 58.9 Å². The van der Waals surface area contributed by atoms with Crippen LogP contribution in [0, 0.1) is 6.92 Å². The van der Waals surface area contributed by atoms with Crippen molar-refractivity contribution in [2.45, 2.75) is 13.5 Å². The highest BCUT2D eigenvalue weighted by atomic mass is 79.9. The lowest BCUT2D eigenvalue weighted by molar-refractivity contribution is 0.783. The number of aryl methyl sites for hydroxylation is 1. The van der Waals surface area contributed by atoms with Gasteiger partial charge < -0.3 is 4.57 Å². The first kappa shape index (κ1) is 14.8. The molecule has 0 N–H and O–H groups in total. The predicted octanol–water partition coefficient (Wildman–Crippen LogP) is 5.06. The normalized spacial score (nSPS) is 10.6. The Morgan fingerprint density at radius 1 is 1.18 bits per heavy atom. The van der Waals surface area contributed by atoms with Crippen molar-refractivity contribution in [3.05, 3.63) is 94.5 Å². The van der Waals surface area contributed by atoms with Crippen molar-refractivity contribution in [1.82, 2.24) is 9.55 Å². The van der Waals surface area contributed by atoms with Crippen molar-refractivity contribution in [2.75, 3.05) is 0 Å². The van der Waals surface area contributed by atoms with Gasteiger partial charge in [-0.2, -0.15) is 0 Å². The zero-order chi connectivity index (χ0) is 15.5. The van der Waals surface area contributed by atoms with E-state index in [0.29, 0.717) is 0 Å². The highest BCUT2D eigenvalue weighted by molar-refractivity contribution is 9.10. The van der Waals surface area contributed by atoms with E-state index >= 15 is 0 Å². The summed E-state index contributed by atoms with van der Waals surface area (Å²) in [6.07, 6.45) is 3.83. The zero-order valence-corrected chi connectivity index (χ0v) is 14.0. The number of halogens is 1. The van der Waals surface area contributed by atoms with Gasteiger partial charge in [0.2, 0.25) is 0 Å². The van der Waals surface area contributed by atoms with Gasteiger partial charge in [0.1, 0.15) is 5.82 Å². The third-order valence-electron chi connectivity index (χ3n) is 3.57. The third-order valence-corrected chi connectivity index (χ3v) is 4.03. The van der Waals surface area contributed by atoms with E-state index in [1.54, 1.807) is 0 Å². The number of aromatic nitrogens is 2. The van der Waals surface area contributed by atoms with E-state index in [9.17, 15) is 0 Å². The fraction of sp³-hybridized carbons (Fsp3) is 0.105. The molecule has 0 fully saturated rings. The second kappa shape index (κ2) is 6.32. The molecule has 0 aliphatic carbocycles. The van der Waals surface area contributed by atoms with Crippen LogP contribution < -0.4 is 0 Å². The first-order chi connectivity index (χ1) is 10.6. The van der Waals surface area contributed by atoms with E-state index in [4.69, 9.17) is 0 Å². The maximum atomic E-state index is 4.50. The average molecular weight is 353 g/mol. The maximum absolute atomic E-state index is 4.50. The third kappa shape index (κ3) is 3.20. The van der Waals surface area contributed by atoms with Crippen molar-refractivity contribution < 1.29 is 0 Å². The topological polar surface area (TPSA) is 17.8 Å². The summed E-state index contributed by atoms with van der Waals surface area (Å²) in [6, 6.07) is 16.7. The first-order valence-electron chi connectivity index (χ1n) is 7.15. The number of benzene rings is 2. The molecule has 0 spiro atoms. The Morgan fingerprint density at radius 2 is 1.95 bits per heavy atom. The summed E-state index contributed by atoms with van der Waals surface area (Å²) < 4.78 is 3.19. The van der Waals surface area contributed by atoms with Gasteiger partial charge in [-0.05, 0) is 35.7 Å². The smallest absolute Gasteiger partial charge is 0.140 e. The van der Waals surface area contributed by atoms with E-state index < -0.39 is 0 Å². The molecule has 1 heterocycles. The van der Waals surface area contributed by atoms with Crippen LogP contribution in [-0.2, 0) is 6.54 Å². The molecule has 0 radical (unpaired) electrons. The number of hydrogen-bond donors (Lipinski definition) is 0. The molecule has 110 valence electrons. The van der Waals surface area contributed by atoms with E-state index in [1.165, 1.54) is 11.1 Å². The first-order valence-corrected chi connectivity index (χ1v) is 7.94. The summed E-state index contributed by atoms with van der Waals surface area (Å²) in [7, 11) is 0. The van der Waals surface area contributed by atoms with E-state index in [1.807, 2.05) is 18.5 Å². The molecule has 0 bridgehead atoms. The molecule has 0 unspecified atom stereocenters. The van der Waals surface area contributed by atoms with Crippen LogP contribution in [0.25, 0.3) is 5.57 Å². The van der Waals surface area contributed by atoms with Crippen LogP contribution in [0.3, 0.4) is 0 Å². The standard InChI is InChI=1S/C19H17BrN2/c1-14-10-17(12-18(20)11-14)15(2)19-21-8-9-22(19)13-16-6-4-3-5-7-16/h3-12H,2,13H2,1H3. The lowest BCUT2D eigenvalue weighted by Crippen LogP contribution is -2.04. The van der Waals surface area contributed by atoms with Gasteiger partial charge >= 0.3 is 0 Å². The van der Waals surface area contributed by atoms with Crippen molar-refractivity contribution in [3.63, 3.8) is 0 Å². The Morgan fingerprint density at radius 3 is 2.68 bits per heavy atom. The highest BCUT2D eigenvalue weighted by Gasteiger charge is 2.10.